The minimum absolute atomic E-state index is 1.50. The molecule has 0 aliphatic rings. The van der Waals surface area contributed by atoms with Crippen molar-refractivity contribution in [1.29, 1.82) is 0 Å². The predicted octanol–water partition coefficient (Wildman–Crippen LogP) is -1.60. The molecule has 0 aliphatic heterocycles. The molecule has 4 N–H and O–H groups in total. The van der Waals surface area contributed by atoms with Crippen LogP contribution in [-0.2, 0) is 10.3 Å². The van der Waals surface area contributed by atoms with Gasteiger partial charge in [0.1, 0.15) is 0 Å². The van der Waals surface area contributed by atoms with Crippen molar-refractivity contribution in [3.63, 3.8) is 0 Å². The Hall–Kier alpha value is -0.930. The van der Waals surface area contributed by atoms with E-state index in [1.807, 2.05) is 0 Å². The van der Waals surface area contributed by atoms with Gasteiger partial charge in [-0.2, -0.15) is 8.42 Å². The molecular formula is H4N2O6S. The standard InChI is InChI=1S/H3NO3S.HNO3/c1-5(2,3)4;2-1(3)4/h(H3,1,2,3,4);(H,2,3,4). The molecule has 9 heteroatoms. The maximum atomic E-state index is 8.97. The average molecular weight is 160 g/mol. The van der Waals surface area contributed by atoms with E-state index in [4.69, 9.17) is 28.3 Å². The highest BCUT2D eigenvalue weighted by atomic mass is 32.2. The summed E-state index contributed by atoms with van der Waals surface area (Å²) < 4.78 is 25.2. The highest BCUT2D eigenvalue weighted by Gasteiger charge is 1.81. The van der Waals surface area contributed by atoms with Gasteiger partial charge in [0.15, 0.2) is 0 Å². The lowest BCUT2D eigenvalue weighted by Gasteiger charge is -1.70. The monoisotopic (exact) mass is 160 g/mol. The second kappa shape index (κ2) is 4.00. The first-order valence-corrected chi connectivity index (χ1v) is 2.82. The third-order valence-electron chi connectivity index (χ3n) is 0. The fourth-order valence-electron chi connectivity index (χ4n) is 0. The minimum Gasteiger partial charge on any atom is -0.328 e. The zero-order valence-corrected chi connectivity index (χ0v) is 4.78. The molecule has 0 atom stereocenters. The van der Waals surface area contributed by atoms with Gasteiger partial charge in [-0.05, 0) is 0 Å². The van der Waals surface area contributed by atoms with Gasteiger partial charge in [0, 0.05) is 0 Å². The minimum atomic E-state index is -4.17. The largest absolute Gasteiger partial charge is 0.330 e. The zero-order chi connectivity index (χ0) is 8.08. The molecule has 0 bridgehead atoms. The van der Waals surface area contributed by atoms with Crippen molar-refractivity contribution in [2.45, 2.75) is 0 Å². The van der Waals surface area contributed by atoms with Gasteiger partial charge in [0.05, 0.1) is 0 Å². The third kappa shape index (κ3) is 210. The van der Waals surface area contributed by atoms with Crippen LogP contribution in [0.15, 0.2) is 0 Å². The Morgan fingerprint density at radius 3 is 1.56 bits per heavy atom. The van der Waals surface area contributed by atoms with Crippen molar-refractivity contribution in [2.75, 3.05) is 0 Å². The van der Waals surface area contributed by atoms with Crippen LogP contribution in [0, 0.1) is 10.1 Å². The zero-order valence-electron chi connectivity index (χ0n) is 3.96. The first-order chi connectivity index (χ1) is 3.73. The van der Waals surface area contributed by atoms with Crippen LogP contribution in [0.3, 0.4) is 0 Å². The van der Waals surface area contributed by atoms with Crippen molar-refractivity contribution in [1.82, 2.24) is 0 Å². The molecule has 0 unspecified atom stereocenters. The smallest absolute Gasteiger partial charge is 0.328 e. The molecule has 8 nitrogen and oxygen atoms in total. The fraction of sp³-hybridized carbons (Fsp3) is 0. The van der Waals surface area contributed by atoms with Gasteiger partial charge in [-0.3, -0.25) is 4.55 Å². The molecule has 0 fully saturated rings. The Morgan fingerprint density at radius 1 is 1.56 bits per heavy atom. The van der Waals surface area contributed by atoms with E-state index in [1.165, 1.54) is 0 Å². The molecule has 0 aromatic heterocycles. The summed E-state index contributed by atoms with van der Waals surface area (Å²) in [7, 11) is -4.17. The van der Waals surface area contributed by atoms with Crippen molar-refractivity contribution in [2.24, 2.45) is 5.14 Å². The van der Waals surface area contributed by atoms with Gasteiger partial charge in [-0.1, -0.05) is 0 Å². The summed E-state index contributed by atoms with van der Waals surface area (Å²) in [5.74, 6) is 0. The highest BCUT2D eigenvalue weighted by Crippen LogP contribution is 1.50. The van der Waals surface area contributed by atoms with Crippen LogP contribution in [0.1, 0.15) is 0 Å². The van der Waals surface area contributed by atoms with Crippen molar-refractivity contribution < 1.29 is 23.3 Å². The Labute approximate surface area is 49.9 Å². The van der Waals surface area contributed by atoms with Gasteiger partial charge < -0.3 is 5.21 Å². The van der Waals surface area contributed by atoms with E-state index >= 15 is 0 Å². The van der Waals surface area contributed by atoms with Gasteiger partial charge in [0.25, 0.3) is 5.09 Å². The number of rotatable bonds is 0. The molecule has 0 amide bonds. The second-order valence-electron chi connectivity index (χ2n) is 0.753. The lowest BCUT2D eigenvalue weighted by atomic mass is 13.1. The van der Waals surface area contributed by atoms with Crippen LogP contribution in [0.5, 0.6) is 0 Å². The molecular weight excluding hydrogens is 156 g/mol. The first-order valence-electron chi connectivity index (χ1n) is 1.32. The molecule has 0 saturated carbocycles. The Kier molecular flexibility index (Phi) is 4.87. The van der Waals surface area contributed by atoms with Crippen LogP contribution in [0.25, 0.3) is 0 Å². The van der Waals surface area contributed by atoms with Gasteiger partial charge in [0.2, 0.25) is 0 Å². The SMILES string of the molecule is NS(=O)(=O)O.O=[N+]([O-])O. The van der Waals surface area contributed by atoms with E-state index in [0.717, 1.165) is 0 Å². The molecule has 0 aromatic rings. The van der Waals surface area contributed by atoms with E-state index in [-0.39, 0.29) is 0 Å². The maximum absolute atomic E-state index is 8.97. The quantitative estimate of drug-likeness (QED) is 0.221. The molecule has 0 aromatic carbocycles. The number of nitrogens with two attached hydrogens (primary N) is 1. The maximum Gasteiger partial charge on any atom is 0.330 e. The normalized spacial score (nSPS) is 9.11. The van der Waals surface area contributed by atoms with Crippen LogP contribution < -0.4 is 5.14 Å². The Balaban J connectivity index is 0. The average Bonchev–Trinajstić information content (AvgIpc) is 1.19. The van der Waals surface area contributed by atoms with Crippen molar-refractivity contribution in [3.05, 3.63) is 10.1 Å². The second-order valence-corrected chi connectivity index (χ2v) is 1.78. The van der Waals surface area contributed by atoms with Crippen molar-refractivity contribution >= 4 is 10.3 Å². The summed E-state index contributed by atoms with van der Waals surface area (Å²) in [6, 6.07) is 0. The van der Waals surface area contributed by atoms with Crippen molar-refractivity contribution in [3.8, 4) is 0 Å². The lowest BCUT2D eigenvalue weighted by molar-refractivity contribution is -0.742. The summed E-state index contributed by atoms with van der Waals surface area (Å²) in [5.41, 5.74) is 0. The number of hydrogen-bond acceptors (Lipinski definition) is 4. The molecule has 0 saturated heterocycles. The van der Waals surface area contributed by atoms with E-state index in [9.17, 15) is 0 Å². The molecule has 56 valence electrons. The number of hydrogen-bond donors (Lipinski definition) is 3. The third-order valence-corrected chi connectivity index (χ3v) is 0. The van der Waals surface area contributed by atoms with E-state index in [1.54, 1.807) is 0 Å². The van der Waals surface area contributed by atoms with E-state index < -0.39 is 15.4 Å². The summed E-state index contributed by atoms with van der Waals surface area (Å²) >= 11 is 0. The summed E-state index contributed by atoms with van der Waals surface area (Å²) in [4.78, 5) is 8.36. The van der Waals surface area contributed by atoms with Crippen LogP contribution in [-0.4, -0.2) is 23.3 Å². The first kappa shape index (κ1) is 10.9. The Morgan fingerprint density at radius 2 is 1.56 bits per heavy atom. The predicted molar refractivity (Wildman–Crippen MR) is 24.5 cm³/mol. The van der Waals surface area contributed by atoms with Gasteiger partial charge >= 0.3 is 10.3 Å². The summed E-state index contributed by atoms with van der Waals surface area (Å²) in [6.07, 6.45) is 0. The topological polar surface area (TPSA) is 144 Å². The fourth-order valence-corrected chi connectivity index (χ4v) is 0. The van der Waals surface area contributed by atoms with Gasteiger partial charge in [-0.15, -0.1) is 10.1 Å². The van der Waals surface area contributed by atoms with Crippen LogP contribution in [0.4, 0.5) is 0 Å². The molecule has 0 rings (SSSR count). The molecule has 0 spiro atoms. The lowest BCUT2D eigenvalue weighted by Crippen LogP contribution is -2.08. The Bertz CT molecular complexity index is 153. The molecule has 0 radical (unpaired) electrons. The highest BCUT2D eigenvalue weighted by molar-refractivity contribution is 7.83. The summed E-state index contributed by atoms with van der Waals surface area (Å²) in [5, 5.41) is 17.5. The summed E-state index contributed by atoms with van der Waals surface area (Å²) in [6.45, 7) is 0. The van der Waals surface area contributed by atoms with E-state index in [0.29, 0.717) is 0 Å². The number of nitrogens with zero attached hydrogens (tertiary/aromatic N) is 1. The molecule has 0 heterocycles. The molecule has 9 heavy (non-hydrogen) atoms. The van der Waals surface area contributed by atoms with Gasteiger partial charge in [-0.25, -0.2) is 5.14 Å². The van der Waals surface area contributed by atoms with Crippen LogP contribution >= 0.6 is 0 Å². The molecule has 0 aliphatic carbocycles. The van der Waals surface area contributed by atoms with Crippen LogP contribution in [0.2, 0.25) is 0 Å². The van der Waals surface area contributed by atoms with E-state index in [2.05, 4.69) is 5.14 Å².